The molecule has 2 unspecified atom stereocenters. The lowest BCUT2D eigenvalue weighted by Crippen LogP contribution is -2.44. The molecule has 7 nitrogen and oxygen atoms in total. The third-order valence-corrected chi connectivity index (χ3v) is 5.08. The van der Waals surface area contributed by atoms with Gasteiger partial charge in [0.2, 0.25) is 11.9 Å². The molecule has 0 aliphatic carbocycles. The number of piperidine rings is 1. The number of aromatic amines is 1. The highest BCUT2D eigenvalue weighted by Crippen LogP contribution is 2.22. The molecule has 0 bridgehead atoms. The van der Waals surface area contributed by atoms with Crippen LogP contribution in [0.3, 0.4) is 0 Å². The maximum Gasteiger partial charge on any atom is 0.225 e. The molecule has 2 aromatic heterocycles. The molecule has 3 aromatic rings. The Morgan fingerprint density at radius 1 is 1.18 bits per heavy atom. The molecular weight excluding hydrogens is 352 g/mol. The normalized spacial score (nSPS) is 17.9. The van der Waals surface area contributed by atoms with Gasteiger partial charge in [0.15, 0.2) is 0 Å². The second kappa shape index (κ2) is 8.21. The van der Waals surface area contributed by atoms with Gasteiger partial charge in [-0.1, -0.05) is 30.3 Å². The molecule has 1 aliphatic heterocycles. The summed E-state index contributed by atoms with van der Waals surface area (Å²) in [7, 11) is 0. The zero-order chi connectivity index (χ0) is 19.3. The first-order chi connectivity index (χ1) is 13.7. The van der Waals surface area contributed by atoms with Crippen molar-refractivity contribution in [2.75, 3.05) is 18.0 Å². The van der Waals surface area contributed by atoms with E-state index in [-0.39, 0.29) is 17.9 Å². The minimum atomic E-state index is -0.187. The van der Waals surface area contributed by atoms with Gasteiger partial charge in [0.25, 0.3) is 0 Å². The van der Waals surface area contributed by atoms with Crippen molar-refractivity contribution in [1.82, 2.24) is 25.3 Å². The maximum atomic E-state index is 12.8. The fraction of sp³-hybridized carbons (Fsp3) is 0.333. The second-order valence-corrected chi connectivity index (χ2v) is 7.11. The first-order valence-electron chi connectivity index (χ1n) is 9.63. The van der Waals surface area contributed by atoms with Gasteiger partial charge in [0, 0.05) is 25.5 Å². The molecule has 0 radical (unpaired) electrons. The van der Waals surface area contributed by atoms with Crippen LogP contribution < -0.4 is 10.2 Å². The zero-order valence-electron chi connectivity index (χ0n) is 15.9. The molecule has 2 atom stereocenters. The molecule has 1 amide bonds. The quantitative estimate of drug-likeness (QED) is 0.715. The molecule has 7 heteroatoms. The van der Waals surface area contributed by atoms with Crippen LogP contribution in [-0.2, 0) is 4.79 Å². The van der Waals surface area contributed by atoms with Crippen LogP contribution in [0.1, 0.15) is 31.6 Å². The van der Waals surface area contributed by atoms with Gasteiger partial charge in [0.1, 0.15) is 5.82 Å². The van der Waals surface area contributed by atoms with E-state index in [4.69, 9.17) is 0 Å². The Morgan fingerprint density at radius 2 is 1.96 bits per heavy atom. The van der Waals surface area contributed by atoms with Crippen molar-refractivity contribution in [3.05, 3.63) is 60.8 Å². The number of benzene rings is 1. The highest BCUT2D eigenvalue weighted by molar-refractivity contribution is 5.79. The van der Waals surface area contributed by atoms with Crippen molar-refractivity contribution in [3.8, 4) is 11.3 Å². The largest absolute Gasteiger partial charge is 0.346 e. The summed E-state index contributed by atoms with van der Waals surface area (Å²) in [5.74, 6) is 1.41. The fourth-order valence-electron chi connectivity index (χ4n) is 3.55. The number of nitrogens with one attached hydrogen (secondary N) is 2. The number of aromatic nitrogens is 4. The lowest BCUT2D eigenvalue weighted by molar-refractivity contribution is -0.126. The van der Waals surface area contributed by atoms with Crippen LogP contribution in [-0.4, -0.2) is 38.9 Å². The number of amides is 1. The van der Waals surface area contributed by atoms with Crippen LogP contribution >= 0.6 is 0 Å². The summed E-state index contributed by atoms with van der Waals surface area (Å²) in [6.45, 7) is 3.46. The Morgan fingerprint density at radius 3 is 2.75 bits per heavy atom. The molecule has 0 saturated carbocycles. The number of carbonyl (C=O) groups is 1. The lowest BCUT2D eigenvalue weighted by Gasteiger charge is -2.32. The Balaban J connectivity index is 1.38. The number of carbonyl (C=O) groups excluding carboxylic acids is 1. The first kappa shape index (κ1) is 18.2. The predicted molar refractivity (Wildman–Crippen MR) is 108 cm³/mol. The Kier molecular flexibility index (Phi) is 5.32. The highest BCUT2D eigenvalue weighted by Gasteiger charge is 2.28. The third kappa shape index (κ3) is 4.03. The van der Waals surface area contributed by atoms with Crippen molar-refractivity contribution >= 4 is 11.9 Å². The third-order valence-electron chi connectivity index (χ3n) is 5.08. The number of H-pyrrole nitrogens is 1. The SMILES string of the molecule is CC(NC(=O)C1CCCN(c2ncccn2)C1)c1ncc(-c2ccccc2)[nH]1. The summed E-state index contributed by atoms with van der Waals surface area (Å²) >= 11 is 0. The highest BCUT2D eigenvalue weighted by atomic mass is 16.2. The number of hydrogen-bond acceptors (Lipinski definition) is 5. The van der Waals surface area contributed by atoms with E-state index in [9.17, 15) is 4.79 Å². The van der Waals surface area contributed by atoms with E-state index in [1.54, 1.807) is 18.5 Å². The smallest absolute Gasteiger partial charge is 0.225 e. The van der Waals surface area contributed by atoms with Crippen LogP contribution in [0.2, 0.25) is 0 Å². The molecule has 28 heavy (non-hydrogen) atoms. The maximum absolute atomic E-state index is 12.8. The van der Waals surface area contributed by atoms with Gasteiger partial charge in [-0.3, -0.25) is 4.79 Å². The minimum Gasteiger partial charge on any atom is -0.346 e. The first-order valence-corrected chi connectivity index (χ1v) is 9.63. The molecule has 3 heterocycles. The summed E-state index contributed by atoms with van der Waals surface area (Å²) in [4.78, 5) is 31.3. The fourth-order valence-corrected chi connectivity index (χ4v) is 3.55. The van der Waals surface area contributed by atoms with Gasteiger partial charge in [-0.2, -0.15) is 0 Å². The van der Waals surface area contributed by atoms with Gasteiger partial charge in [-0.05, 0) is 31.4 Å². The van der Waals surface area contributed by atoms with Gasteiger partial charge >= 0.3 is 0 Å². The summed E-state index contributed by atoms with van der Waals surface area (Å²) in [5, 5.41) is 3.10. The zero-order valence-corrected chi connectivity index (χ0v) is 15.9. The summed E-state index contributed by atoms with van der Waals surface area (Å²) in [5.41, 5.74) is 2.02. The van der Waals surface area contributed by atoms with Gasteiger partial charge in [0.05, 0.1) is 23.9 Å². The summed E-state index contributed by atoms with van der Waals surface area (Å²) in [6.07, 6.45) is 7.09. The van der Waals surface area contributed by atoms with Crippen molar-refractivity contribution in [2.24, 2.45) is 5.92 Å². The average molecular weight is 376 g/mol. The Hall–Kier alpha value is -3.22. The number of nitrogens with zero attached hydrogens (tertiary/aromatic N) is 4. The molecular formula is C21H24N6O. The van der Waals surface area contributed by atoms with E-state index >= 15 is 0 Å². The van der Waals surface area contributed by atoms with Crippen molar-refractivity contribution < 1.29 is 4.79 Å². The van der Waals surface area contributed by atoms with Crippen molar-refractivity contribution in [1.29, 1.82) is 0 Å². The van der Waals surface area contributed by atoms with Crippen LogP contribution in [0.4, 0.5) is 5.95 Å². The topological polar surface area (TPSA) is 86.8 Å². The van der Waals surface area contributed by atoms with E-state index in [0.717, 1.165) is 36.5 Å². The van der Waals surface area contributed by atoms with Crippen molar-refractivity contribution in [3.63, 3.8) is 0 Å². The number of hydrogen-bond donors (Lipinski definition) is 2. The molecule has 144 valence electrons. The average Bonchev–Trinajstić information content (AvgIpc) is 3.26. The van der Waals surface area contributed by atoms with Crippen LogP contribution in [0.15, 0.2) is 55.0 Å². The minimum absolute atomic E-state index is 0.0470. The predicted octanol–water partition coefficient (Wildman–Crippen LogP) is 2.96. The number of imidazole rings is 1. The van der Waals surface area contributed by atoms with E-state index in [0.29, 0.717) is 12.5 Å². The van der Waals surface area contributed by atoms with Gasteiger partial charge in [-0.15, -0.1) is 0 Å². The molecule has 1 saturated heterocycles. The number of rotatable bonds is 5. The standard InChI is InChI=1S/C21H24N6O/c1-15(19-24-13-18(26-19)16-7-3-2-4-8-16)25-20(28)17-9-5-12-27(14-17)21-22-10-6-11-23-21/h2-4,6-8,10-11,13,15,17H,5,9,12,14H2,1H3,(H,24,26)(H,25,28). The lowest BCUT2D eigenvalue weighted by atomic mass is 9.97. The molecule has 0 spiro atoms. The number of anilines is 1. The molecule has 1 aromatic carbocycles. The summed E-state index contributed by atoms with van der Waals surface area (Å²) < 4.78 is 0. The van der Waals surface area contributed by atoms with E-state index in [1.807, 2.05) is 43.5 Å². The molecule has 2 N–H and O–H groups in total. The molecule has 4 rings (SSSR count). The van der Waals surface area contributed by atoms with Crippen LogP contribution in [0, 0.1) is 5.92 Å². The Bertz CT molecular complexity index is 911. The van der Waals surface area contributed by atoms with E-state index < -0.39 is 0 Å². The van der Waals surface area contributed by atoms with E-state index in [1.165, 1.54) is 0 Å². The van der Waals surface area contributed by atoms with Crippen LogP contribution in [0.25, 0.3) is 11.3 Å². The summed E-state index contributed by atoms with van der Waals surface area (Å²) in [6, 6.07) is 11.6. The molecule has 1 aliphatic rings. The van der Waals surface area contributed by atoms with Gasteiger partial charge in [-0.25, -0.2) is 15.0 Å². The Labute approximate surface area is 164 Å². The second-order valence-electron chi connectivity index (χ2n) is 7.11. The van der Waals surface area contributed by atoms with E-state index in [2.05, 4.69) is 30.2 Å². The molecule has 1 fully saturated rings. The monoisotopic (exact) mass is 376 g/mol. The van der Waals surface area contributed by atoms with Gasteiger partial charge < -0.3 is 15.2 Å². The van der Waals surface area contributed by atoms with Crippen LogP contribution in [0.5, 0.6) is 0 Å². The van der Waals surface area contributed by atoms with Crippen molar-refractivity contribution in [2.45, 2.75) is 25.8 Å².